The molecule has 0 radical (unpaired) electrons. The van der Waals surface area contributed by atoms with Crippen LogP contribution >= 0.6 is 11.6 Å². The Morgan fingerprint density at radius 2 is 2.09 bits per heavy atom. The predicted molar refractivity (Wildman–Crippen MR) is 80.2 cm³/mol. The molecule has 0 saturated carbocycles. The maximum atomic E-state index is 12.2. The molecule has 1 fully saturated rings. The number of hydrogen-bond donors (Lipinski definition) is 0. The van der Waals surface area contributed by atoms with Crippen LogP contribution in [0.4, 0.5) is 5.69 Å². The Morgan fingerprint density at radius 3 is 2.68 bits per heavy atom. The van der Waals surface area contributed by atoms with E-state index in [9.17, 15) is 14.9 Å². The monoisotopic (exact) mass is 328 g/mol. The summed E-state index contributed by atoms with van der Waals surface area (Å²) in [6, 6.07) is 4.06. The summed E-state index contributed by atoms with van der Waals surface area (Å²) in [4.78, 5) is 24.2. The highest BCUT2D eigenvalue weighted by molar-refractivity contribution is 6.30. The van der Waals surface area contributed by atoms with Crippen molar-refractivity contribution < 1.29 is 19.2 Å². The van der Waals surface area contributed by atoms with E-state index in [0.717, 1.165) is 0 Å². The SMILES string of the molecule is C[C@H]1CN(C(=O)COc2ccc(Cl)cc2[N+](=O)[O-])C[C@H](C)O1. The minimum Gasteiger partial charge on any atom is -0.477 e. The fraction of sp³-hybridized carbons (Fsp3) is 0.500. The molecule has 7 nitrogen and oxygen atoms in total. The zero-order valence-corrected chi connectivity index (χ0v) is 13.1. The van der Waals surface area contributed by atoms with Crippen LogP contribution in [0, 0.1) is 10.1 Å². The molecule has 1 heterocycles. The van der Waals surface area contributed by atoms with E-state index in [1.165, 1.54) is 18.2 Å². The summed E-state index contributed by atoms with van der Waals surface area (Å²) >= 11 is 5.73. The van der Waals surface area contributed by atoms with Gasteiger partial charge in [-0.15, -0.1) is 0 Å². The number of benzene rings is 1. The summed E-state index contributed by atoms with van der Waals surface area (Å²) < 4.78 is 10.9. The second-order valence-electron chi connectivity index (χ2n) is 5.21. The summed E-state index contributed by atoms with van der Waals surface area (Å²) in [5, 5.41) is 11.2. The molecule has 120 valence electrons. The first-order valence-electron chi connectivity index (χ1n) is 6.86. The standard InChI is InChI=1S/C14H17ClN2O5/c1-9-6-16(7-10(2)22-9)14(18)8-21-13-4-3-11(15)5-12(13)17(19)20/h3-5,9-10H,6-8H2,1-2H3/t9-,10-/m0/s1. The molecule has 0 unspecified atom stereocenters. The van der Waals surface area contributed by atoms with E-state index in [-0.39, 0.29) is 41.2 Å². The zero-order valence-electron chi connectivity index (χ0n) is 12.3. The number of amides is 1. The first-order valence-corrected chi connectivity index (χ1v) is 7.24. The maximum absolute atomic E-state index is 12.2. The third-order valence-electron chi connectivity index (χ3n) is 3.24. The molecule has 1 aliphatic rings. The number of carbonyl (C=O) groups excluding carboxylic acids is 1. The van der Waals surface area contributed by atoms with Gasteiger partial charge in [0.05, 0.1) is 17.1 Å². The number of carbonyl (C=O) groups is 1. The third kappa shape index (κ3) is 4.08. The van der Waals surface area contributed by atoms with Gasteiger partial charge in [-0.3, -0.25) is 14.9 Å². The lowest BCUT2D eigenvalue weighted by molar-refractivity contribution is -0.385. The third-order valence-corrected chi connectivity index (χ3v) is 3.48. The van der Waals surface area contributed by atoms with Crippen LogP contribution in [0.1, 0.15) is 13.8 Å². The van der Waals surface area contributed by atoms with Gasteiger partial charge in [0.2, 0.25) is 0 Å². The van der Waals surface area contributed by atoms with E-state index >= 15 is 0 Å². The van der Waals surface area contributed by atoms with Gasteiger partial charge < -0.3 is 14.4 Å². The first kappa shape index (κ1) is 16.5. The van der Waals surface area contributed by atoms with Crippen LogP contribution in [-0.4, -0.2) is 47.6 Å². The van der Waals surface area contributed by atoms with Gasteiger partial charge in [0.1, 0.15) is 0 Å². The summed E-state index contributed by atoms with van der Waals surface area (Å²) in [5.41, 5.74) is -0.260. The number of nitro groups is 1. The summed E-state index contributed by atoms with van der Waals surface area (Å²) in [7, 11) is 0. The number of halogens is 1. The summed E-state index contributed by atoms with van der Waals surface area (Å²) in [5.74, 6) is -0.205. The molecule has 1 aromatic carbocycles. The fourth-order valence-corrected chi connectivity index (χ4v) is 2.53. The highest BCUT2D eigenvalue weighted by Crippen LogP contribution is 2.29. The second kappa shape index (κ2) is 6.93. The van der Waals surface area contributed by atoms with Crippen LogP contribution in [-0.2, 0) is 9.53 Å². The maximum Gasteiger partial charge on any atom is 0.312 e. The van der Waals surface area contributed by atoms with Crippen molar-refractivity contribution in [3.8, 4) is 5.75 Å². The molecule has 1 amide bonds. The normalized spacial score (nSPS) is 21.5. The fourth-order valence-electron chi connectivity index (χ4n) is 2.37. The predicted octanol–water partition coefficient (Wildman–Crippen LogP) is 2.26. The molecule has 0 N–H and O–H groups in total. The molecule has 2 atom stereocenters. The average molecular weight is 329 g/mol. The van der Waals surface area contributed by atoms with E-state index in [2.05, 4.69) is 0 Å². The van der Waals surface area contributed by atoms with Gasteiger partial charge in [0, 0.05) is 24.2 Å². The van der Waals surface area contributed by atoms with Crippen molar-refractivity contribution in [1.29, 1.82) is 0 Å². The average Bonchev–Trinajstić information content (AvgIpc) is 2.44. The van der Waals surface area contributed by atoms with Gasteiger partial charge in [-0.2, -0.15) is 0 Å². The van der Waals surface area contributed by atoms with Crippen molar-refractivity contribution in [2.45, 2.75) is 26.1 Å². The molecule has 0 spiro atoms. The number of nitrogens with zero attached hydrogens (tertiary/aromatic N) is 2. The van der Waals surface area contributed by atoms with Gasteiger partial charge >= 0.3 is 5.69 Å². The zero-order chi connectivity index (χ0) is 16.3. The molecule has 0 bridgehead atoms. The van der Waals surface area contributed by atoms with Gasteiger partial charge in [-0.05, 0) is 26.0 Å². The Hall–Kier alpha value is -1.86. The smallest absolute Gasteiger partial charge is 0.312 e. The molecular formula is C14H17ClN2O5. The number of morpholine rings is 1. The molecule has 8 heteroatoms. The number of hydrogen-bond acceptors (Lipinski definition) is 5. The van der Waals surface area contributed by atoms with Gasteiger partial charge in [0.15, 0.2) is 12.4 Å². The molecule has 1 aliphatic heterocycles. The minimum absolute atomic E-state index is 0.0251. The summed E-state index contributed by atoms with van der Waals surface area (Å²) in [6.45, 7) is 4.48. The van der Waals surface area contributed by atoms with Crippen molar-refractivity contribution in [3.63, 3.8) is 0 Å². The Balaban J connectivity index is 2.01. The molecule has 0 aliphatic carbocycles. The topological polar surface area (TPSA) is 81.9 Å². The Morgan fingerprint density at radius 1 is 1.45 bits per heavy atom. The van der Waals surface area contributed by atoms with E-state index in [1.807, 2.05) is 13.8 Å². The van der Waals surface area contributed by atoms with Crippen LogP contribution in [0.3, 0.4) is 0 Å². The van der Waals surface area contributed by atoms with Crippen LogP contribution in [0.5, 0.6) is 5.75 Å². The quantitative estimate of drug-likeness (QED) is 0.625. The number of ether oxygens (including phenoxy) is 2. The van der Waals surface area contributed by atoms with Crippen molar-refractivity contribution >= 4 is 23.2 Å². The molecule has 2 rings (SSSR count). The van der Waals surface area contributed by atoms with Crippen LogP contribution in [0.2, 0.25) is 5.02 Å². The lowest BCUT2D eigenvalue weighted by Gasteiger charge is -2.35. The molecule has 1 aromatic rings. The highest BCUT2D eigenvalue weighted by atomic mass is 35.5. The largest absolute Gasteiger partial charge is 0.477 e. The number of rotatable bonds is 4. The lowest BCUT2D eigenvalue weighted by atomic mass is 10.2. The molecular weight excluding hydrogens is 312 g/mol. The van der Waals surface area contributed by atoms with Crippen molar-refractivity contribution in [3.05, 3.63) is 33.3 Å². The van der Waals surface area contributed by atoms with E-state index < -0.39 is 4.92 Å². The second-order valence-corrected chi connectivity index (χ2v) is 5.65. The highest BCUT2D eigenvalue weighted by Gasteiger charge is 2.26. The number of nitro benzene ring substituents is 1. The van der Waals surface area contributed by atoms with Crippen molar-refractivity contribution in [2.24, 2.45) is 0 Å². The van der Waals surface area contributed by atoms with Crippen molar-refractivity contribution in [2.75, 3.05) is 19.7 Å². The first-order chi connectivity index (χ1) is 10.4. The van der Waals surface area contributed by atoms with E-state index in [0.29, 0.717) is 13.1 Å². The van der Waals surface area contributed by atoms with Crippen LogP contribution in [0.25, 0.3) is 0 Å². The summed E-state index contributed by atoms with van der Waals surface area (Å²) in [6.07, 6.45) is -0.0878. The Bertz CT molecular complexity index is 570. The lowest BCUT2D eigenvalue weighted by Crippen LogP contribution is -2.49. The van der Waals surface area contributed by atoms with Gasteiger partial charge in [-0.25, -0.2) is 0 Å². The van der Waals surface area contributed by atoms with Crippen LogP contribution < -0.4 is 4.74 Å². The minimum atomic E-state index is -0.593. The Labute approximate surface area is 132 Å². The molecule has 22 heavy (non-hydrogen) atoms. The van der Waals surface area contributed by atoms with E-state index in [1.54, 1.807) is 4.90 Å². The van der Waals surface area contributed by atoms with Crippen molar-refractivity contribution in [1.82, 2.24) is 4.90 Å². The molecule has 1 saturated heterocycles. The van der Waals surface area contributed by atoms with Gasteiger partial charge in [0.25, 0.3) is 5.91 Å². The van der Waals surface area contributed by atoms with Gasteiger partial charge in [-0.1, -0.05) is 11.6 Å². The Kier molecular flexibility index (Phi) is 5.20. The van der Waals surface area contributed by atoms with E-state index in [4.69, 9.17) is 21.1 Å². The molecule has 0 aromatic heterocycles. The van der Waals surface area contributed by atoms with Crippen LogP contribution in [0.15, 0.2) is 18.2 Å².